The van der Waals surface area contributed by atoms with Crippen LogP contribution in [0.5, 0.6) is 0 Å². The zero-order chi connectivity index (χ0) is 13.4. The van der Waals surface area contributed by atoms with E-state index in [2.05, 4.69) is 33.2 Å². The van der Waals surface area contributed by atoms with Crippen molar-refractivity contribution in [2.75, 3.05) is 19.0 Å². The monoisotopic (exact) mass is 272 g/mol. The first-order valence-electron chi connectivity index (χ1n) is 5.93. The average molecular weight is 273 g/mol. The number of hydrogen-bond acceptors (Lipinski definition) is 3. The molecule has 0 N–H and O–H groups in total. The van der Waals surface area contributed by atoms with Gasteiger partial charge in [0, 0.05) is 31.9 Å². The fraction of sp³-hybridized carbons (Fsp3) is 0.143. The number of benzene rings is 1. The Balaban J connectivity index is 2.30. The first-order valence-corrected chi connectivity index (χ1v) is 6.31. The maximum atomic E-state index is 5.87. The van der Waals surface area contributed by atoms with Gasteiger partial charge in [-0.1, -0.05) is 18.2 Å². The number of fused-ring (bicyclic) bond motifs is 1. The van der Waals surface area contributed by atoms with E-state index in [4.69, 9.17) is 11.6 Å². The Labute approximate surface area is 116 Å². The maximum absolute atomic E-state index is 5.87. The summed E-state index contributed by atoms with van der Waals surface area (Å²) in [5, 5.41) is 1.43. The number of para-hydroxylation sites is 1. The number of halogens is 1. The maximum Gasteiger partial charge on any atom is 0.224 e. The zero-order valence-electron chi connectivity index (χ0n) is 10.7. The van der Waals surface area contributed by atoms with Crippen LogP contribution in [0, 0.1) is 0 Å². The average Bonchev–Trinajstić information content (AvgIpc) is 2.78. The summed E-state index contributed by atoms with van der Waals surface area (Å²) in [6.07, 6.45) is 3.72. The van der Waals surface area contributed by atoms with Gasteiger partial charge in [-0.25, -0.2) is 4.98 Å². The molecule has 2 aromatic heterocycles. The fourth-order valence-corrected chi connectivity index (χ4v) is 2.31. The summed E-state index contributed by atoms with van der Waals surface area (Å²) in [4.78, 5) is 10.3. The highest BCUT2D eigenvalue weighted by molar-refractivity contribution is 6.28. The minimum Gasteiger partial charge on any atom is -0.376 e. The third-order valence-electron chi connectivity index (χ3n) is 3.03. The van der Waals surface area contributed by atoms with Crippen LogP contribution in [0.25, 0.3) is 16.7 Å². The van der Waals surface area contributed by atoms with Gasteiger partial charge in [0.05, 0.1) is 11.2 Å². The van der Waals surface area contributed by atoms with Crippen molar-refractivity contribution in [3.8, 4) is 5.82 Å². The van der Waals surface area contributed by atoms with E-state index in [0.29, 0.717) is 0 Å². The fourth-order valence-electron chi connectivity index (χ4n) is 2.17. The second-order valence-electron chi connectivity index (χ2n) is 4.48. The van der Waals surface area contributed by atoms with Gasteiger partial charge < -0.3 is 4.90 Å². The van der Waals surface area contributed by atoms with Crippen LogP contribution in [-0.2, 0) is 0 Å². The predicted molar refractivity (Wildman–Crippen MR) is 78.2 cm³/mol. The van der Waals surface area contributed by atoms with Crippen LogP contribution < -0.4 is 4.90 Å². The van der Waals surface area contributed by atoms with E-state index >= 15 is 0 Å². The molecule has 0 spiro atoms. The third-order valence-corrected chi connectivity index (χ3v) is 3.21. The highest BCUT2D eigenvalue weighted by Crippen LogP contribution is 2.29. The normalized spacial score (nSPS) is 10.9. The van der Waals surface area contributed by atoms with Crippen molar-refractivity contribution in [3.05, 3.63) is 48.0 Å². The number of nitrogens with zero attached hydrogens (tertiary/aromatic N) is 4. The van der Waals surface area contributed by atoms with Crippen molar-refractivity contribution >= 4 is 28.2 Å². The third kappa shape index (κ3) is 2.04. The number of anilines is 1. The molecule has 0 saturated heterocycles. The summed E-state index contributed by atoms with van der Waals surface area (Å²) in [7, 11) is 4.05. The van der Waals surface area contributed by atoms with Crippen LogP contribution >= 0.6 is 11.6 Å². The van der Waals surface area contributed by atoms with Gasteiger partial charge >= 0.3 is 0 Å². The molecule has 3 aromatic rings. The van der Waals surface area contributed by atoms with Gasteiger partial charge in [0.15, 0.2) is 0 Å². The zero-order valence-corrected chi connectivity index (χ0v) is 11.5. The van der Waals surface area contributed by atoms with Gasteiger partial charge in [0.25, 0.3) is 0 Å². The molecule has 0 aliphatic heterocycles. The van der Waals surface area contributed by atoms with Crippen LogP contribution in [0.15, 0.2) is 42.7 Å². The molecular weight excluding hydrogens is 260 g/mol. The van der Waals surface area contributed by atoms with Crippen molar-refractivity contribution < 1.29 is 0 Å². The largest absolute Gasteiger partial charge is 0.376 e. The highest BCUT2D eigenvalue weighted by Gasteiger charge is 2.11. The number of aromatic nitrogens is 3. The van der Waals surface area contributed by atoms with Gasteiger partial charge in [-0.3, -0.25) is 4.57 Å². The van der Waals surface area contributed by atoms with E-state index in [9.17, 15) is 0 Å². The van der Waals surface area contributed by atoms with Crippen molar-refractivity contribution in [1.82, 2.24) is 14.5 Å². The summed E-state index contributed by atoms with van der Waals surface area (Å²) >= 11 is 5.87. The Morgan fingerprint density at radius 3 is 2.68 bits per heavy atom. The molecule has 5 heteroatoms. The van der Waals surface area contributed by atoms with Crippen molar-refractivity contribution in [2.24, 2.45) is 0 Å². The predicted octanol–water partition coefficient (Wildman–Crippen LogP) is 3.14. The summed E-state index contributed by atoms with van der Waals surface area (Å²) in [5.41, 5.74) is 2.24. The van der Waals surface area contributed by atoms with Gasteiger partial charge in [-0.2, -0.15) is 4.98 Å². The molecule has 96 valence electrons. The summed E-state index contributed by atoms with van der Waals surface area (Å²) < 4.78 is 2.03. The molecule has 0 atom stereocenters. The molecule has 0 fully saturated rings. The van der Waals surface area contributed by atoms with Crippen LogP contribution in [0.2, 0.25) is 5.28 Å². The van der Waals surface area contributed by atoms with E-state index in [1.54, 1.807) is 6.20 Å². The lowest BCUT2D eigenvalue weighted by Gasteiger charge is -2.09. The van der Waals surface area contributed by atoms with E-state index in [1.165, 1.54) is 5.39 Å². The van der Waals surface area contributed by atoms with Crippen molar-refractivity contribution in [2.45, 2.75) is 0 Å². The minimum absolute atomic E-state index is 0.252. The molecule has 0 aliphatic carbocycles. The molecule has 0 amide bonds. The highest BCUT2D eigenvalue weighted by atomic mass is 35.5. The van der Waals surface area contributed by atoms with Crippen LogP contribution in [0.4, 0.5) is 5.69 Å². The lowest BCUT2D eigenvalue weighted by atomic mass is 10.2. The Morgan fingerprint density at radius 2 is 1.95 bits per heavy atom. The second-order valence-corrected chi connectivity index (χ2v) is 4.82. The summed E-state index contributed by atoms with van der Waals surface area (Å²) in [5.74, 6) is 0.768. The molecule has 0 aliphatic rings. The quantitative estimate of drug-likeness (QED) is 0.672. The molecule has 19 heavy (non-hydrogen) atoms. The molecule has 0 unspecified atom stereocenters. The smallest absolute Gasteiger partial charge is 0.224 e. The van der Waals surface area contributed by atoms with E-state index in [-0.39, 0.29) is 5.28 Å². The molecular formula is C14H13ClN4. The van der Waals surface area contributed by atoms with Gasteiger partial charge in [-0.15, -0.1) is 0 Å². The minimum atomic E-state index is 0.252. The van der Waals surface area contributed by atoms with Crippen LogP contribution in [0.3, 0.4) is 0 Å². The van der Waals surface area contributed by atoms with Gasteiger partial charge in [-0.05, 0) is 23.7 Å². The molecule has 4 nitrogen and oxygen atoms in total. The lowest BCUT2D eigenvalue weighted by Crippen LogP contribution is -2.07. The van der Waals surface area contributed by atoms with Gasteiger partial charge in [0.1, 0.15) is 5.82 Å². The van der Waals surface area contributed by atoms with E-state index < -0.39 is 0 Å². The SMILES string of the molecule is CN(C)c1cn(-c2ccnc(Cl)n2)c2ccccc12. The molecule has 0 saturated carbocycles. The topological polar surface area (TPSA) is 34.0 Å². The summed E-state index contributed by atoms with van der Waals surface area (Å²) in [6, 6.07) is 10.1. The second kappa shape index (κ2) is 4.55. The Morgan fingerprint density at radius 1 is 1.16 bits per heavy atom. The number of hydrogen-bond donors (Lipinski definition) is 0. The molecule has 0 bridgehead atoms. The first-order chi connectivity index (χ1) is 9.16. The molecule has 3 rings (SSSR count). The van der Waals surface area contributed by atoms with E-state index in [1.807, 2.05) is 36.9 Å². The van der Waals surface area contributed by atoms with Gasteiger partial charge in [0.2, 0.25) is 5.28 Å². The van der Waals surface area contributed by atoms with Crippen LogP contribution in [-0.4, -0.2) is 28.6 Å². The van der Waals surface area contributed by atoms with Crippen LogP contribution in [0.1, 0.15) is 0 Å². The lowest BCUT2D eigenvalue weighted by molar-refractivity contribution is 1.00. The first kappa shape index (κ1) is 12.0. The number of rotatable bonds is 2. The summed E-state index contributed by atoms with van der Waals surface area (Å²) in [6.45, 7) is 0. The molecule has 2 heterocycles. The van der Waals surface area contributed by atoms with Crippen molar-refractivity contribution in [1.29, 1.82) is 0 Å². The Hall–Kier alpha value is -2.07. The standard InChI is InChI=1S/C14H13ClN4/c1-18(2)12-9-19(11-6-4-3-5-10(11)12)13-7-8-16-14(15)17-13/h3-9H,1-2H3. The molecule has 0 radical (unpaired) electrons. The Kier molecular flexibility index (Phi) is 2.87. The molecule has 1 aromatic carbocycles. The van der Waals surface area contributed by atoms with E-state index in [0.717, 1.165) is 17.0 Å². The van der Waals surface area contributed by atoms with Crippen molar-refractivity contribution in [3.63, 3.8) is 0 Å². The Bertz CT molecular complexity index is 733.